The number of hydrogen-bond donors (Lipinski definition) is 0. The first kappa shape index (κ1) is 15.6. The molecule has 0 spiro atoms. The minimum absolute atomic E-state index is 0.0319. The lowest BCUT2D eigenvalue weighted by Gasteiger charge is -2.39. The van der Waals surface area contributed by atoms with Crippen molar-refractivity contribution in [2.45, 2.75) is 45.2 Å². The van der Waals surface area contributed by atoms with E-state index in [1.165, 1.54) is 16.8 Å². The van der Waals surface area contributed by atoms with E-state index in [4.69, 9.17) is 0 Å². The number of hydrogen-bond acceptors (Lipinski definition) is 4. The summed E-state index contributed by atoms with van der Waals surface area (Å²) in [6, 6.07) is 6.41. The lowest BCUT2D eigenvalue weighted by atomic mass is 10.1. The number of piperazine rings is 1. The van der Waals surface area contributed by atoms with Crippen LogP contribution in [0.25, 0.3) is 0 Å². The topological polar surface area (TPSA) is 43.9 Å². The Kier molecular flexibility index (Phi) is 3.83. The summed E-state index contributed by atoms with van der Waals surface area (Å²) in [5, 5.41) is 0. The molecule has 4 rings (SSSR count). The molecule has 1 aromatic rings. The molecular weight excluding hydrogens is 302 g/mol. The van der Waals surface area contributed by atoms with Gasteiger partial charge in [-0.3, -0.25) is 19.4 Å². The van der Waals surface area contributed by atoms with Gasteiger partial charge in [0.25, 0.3) is 0 Å². The van der Waals surface area contributed by atoms with Gasteiger partial charge in [-0.1, -0.05) is 12.1 Å². The lowest BCUT2D eigenvalue weighted by Crippen LogP contribution is -2.52. The number of aryl methyl sites for hydroxylation is 1. The summed E-state index contributed by atoms with van der Waals surface area (Å²) in [6.07, 6.45) is 2.36. The molecule has 0 N–H and O–H groups in total. The number of anilines is 1. The maximum Gasteiger partial charge on any atom is 0.247 e. The van der Waals surface area contributed by atoms with Crippen LogP contribution in [-0.4, -0.2) is 59.9 Å². The minimum Gasteiger partial charge on any atom is -0.369 e. The van der Waals surface area contributed by atoms with E-state index in [-0.39, 0.29) is 23.9 Å². The van der Waals surface area contributed by atoms with Crippen molar-refractivity contribution in [2.75, 3.05) is 31.1 Å². The Morgan fingerprint density at radius 3 is 2.38 bits per heavy atom. The smallest absolute Gasteiger partial charge is 0.247 e. The molecule has 5 nitrogen and oxygen atoms in total. The fourth-order valence-corrected chi connectivity index (χ4v) is 3.99. The Bertz CT molecular complexity index is 675. The molecular formula is C19H25N3O2. The van der Waals surface area contributed by atoms with Gasteiger partial charge in [-0.15, -0.1) is 0 Å². The molecule has 0 radical (unpaired) electrons. The second-order valence-electron chi connectivity index (χ2n) is 7.30. The SMILES string of the molecule is Cc1cccc(N2CCN(C3CC(=O)N(C4CC4)C3=O)CC2)c1C. The summed E-state index contributed by atoms with van der Waals surface area (Å²) in [5.74, 6) is 0.0761. The quantitative estimate of drug-likeness (QED) is 0.793. The molecule has 2 heterocycles. The van der Waals surface area contributed by atoms with Gasteiger partial charge in [0.15, 0.2) is 0 Å². The number of imide groups is 1. The molecule has 2 aliphatic heterocycles. The van der Waals surface area contributed by atoms with E-state index in [2.05, 4.69) is 41.8 Å². The standard InChI is InChI=1S/C19H25N3O2/c1-13-4-3-5-16(14(13)2)20-8-10-21(11-9-20)17-12-18(23)22(19(17)24)15-6-7-15/h3-5,15,17H,6-12H2,1-2H3. The van der Waals surface area contributed by atoms with E-state index in [1.54, 1.807) is 4.90 Å². The van der Waals surface area contributed by atoms with E-state index >= 15 is 0 Å². The van der Waals surface area contributed by atoms with Gasteiger partial charge >= 0.3 is 0 Å². The second kappa shape index (κ2) is 5.88. The molecule has 3 fully saturated rings. The van der Waals surface area contributed by atoms with E-state index in [1.807, 2.05) is 0 Å². The van der Waals surface area contributed by atoms with Gasteiger partial charge < -0.3 is 4.90 Å². The molecule has 1 unspecified atom stereocenters. The van der Waals surface area contributed by atoms with E-state index in [0.717, 1.165) is 39.0 Å². The molecule has 1 aliphatic carbocycles. The zero-order valence-corrected chi connectivity index (χ0v) is 14.5. The number of nitrogens with zero attached hydrogens (tertiary/aromatic N) is 3. The number of benzene rings is 1. The first-order chi connectivity index (χ1) is 11.6. The van der Waals surface area contributed by atoms with Crippen molar-refractivity contribution < 1.29 is 9.59 Å². The molecule has 2 amide bonds. The number of likely N-dealkylation sites (tertiary alicyclic amines) is 1. The number of amides is 2. The van der Waals surface area contributed by atoms with Crippen molar-refractivity contribution in [1.29, 1.82) is 0 Å². The lowest BCUT2D eigenvalue weighted by molar-refractivity contribution is -0.140. The van der Waals surface area contributed by atoms with Gasteiger partial charge in [-0.05, 0) is 43.9 Å². The van der Waals surface area contributed by atoms with Gasteiger partial charge in [0.05, 0.1) is 12.5 Å². The largest absolute Gasteiger partial charge is 0.369 e. The molecule has 0 bridgehead atoms. The van der Waals surface area contributed by atoms with E-state index in [0.29, 0.717) is 6.42 Å². The highest BCUT2D eigenvalue weighted by Crippen LogP contribution is 2.33. The first-order valence-corrected chi connectivity index (χ1v) is 8.97. The van der Waals surface area contributed by atoms with Gasteiger partial charge in [0, 0.05) is 37.9 Å². The molecule has 128 valence electrons. The number of rotatable bonds is 3. The first-order valence-electron chi connectivity index (χ1n) is 8.97. The van der Waals surface area contributed by atoms with Gasteiger partial charge in [0.2, 0.25) is 11.8 Å². The minimum atomic E-state index is -0.223. The summed E-state index contributed by atoms with van der Waals surface area (Å²) in [4.78, 5) is 30.9. The van der Waals surface area contributed by atoms with E-state index < -0.39 is 0 Å². The van der Waals surface area contributed by atoms with Crippen LogP contribution >= 0.6 is 0 Å². The predicted molar refractivity (Wildman–Crippen MR) is 93.0 cm³/mol. The molecule has 1 saturated carbocycles. The number of carbonyl (C=O) groups is 2. The Morgan fingerprint density at radius 1 is 1.00 bits per heavy atom. The Morgan fingerprint density at radius 2 is 1.71 bits per heavy atom. The highest BCUT2D eigenvalue weighted by Gasteiger charge is 2.48. The normalized spacial score (nSPS) is 25.7. The van der Waals surface area contributed by atoms with Crippen molar-refractivity contribution in [1.82, 2.24) is 9.80 Å². The summed E-state index contributed by atoms with van der Waals surface area (Å²) in [7, 11) is 0. The predicted octanol–water partition coefficient (Wildman–Crippen LogP) is 1.72. The fourth-order valence-electron chi connectivity index (χ4n) is 3.99. The van der Waals surface area contributed by atoms with Crippen molar-refractivity contribution in [3.8, 4) is 0 Å². The second-order valence-corrected chi connectivity index (χ2v) is 7.30. The third-order valence-electron chi connectivity index (χ3n) is 5.74. The molecule has 0 aromatic heterocycles. The molecule has 24 heavy (non-hydrogen) atoms. The Labute approximate surface area is 143 Å². The van der Waals surface area contributed by atoms with Crippen molar-refractivity contribution in [2.24, 2.45) is 0 Å². The van der Waals surface area contributed by atoms with Crippen molar-refractivity contribution in [3.63, 3.8) is 0 Å². The maximum absolute atomic E-state index is 12.6. The van der Waals surface area contributed by atoms with Gasteiger partial charge in [-0.2, -0.15) is 0 Å². The molecule has 2 saturated heterocycles. The summed E-state index contributed by atoms with van der Waals surface area (Å²) < 4.78 is 0. The molecule has 1 atom stereocenters. The van der Waals surface area contributed by atoms with Crippen molar-refractivity contribution >= 4 is 17.5 Å². The van der Waals surface area contributed by atoms with Crippen LogP contribution in [0.2, 0.25) is 0 Å². The third-order valence-corrected chi connectivity index (χ3v) is 5.74. The monoisotopic (exact) mass is 327 g/mol. The fraction of sp³-hybridized carbons (Fsp3) is 0.579. The van der Waals surface area contributed by atoms with Crippen LogP contribution in [0.15, 0.2) is 18.2 Å². The highest BCUT2D eigenvalue weighted by molar-refractivity contribution is 6.06. The van der Waals surface area contributed by atoms with Crippen LogP contribution in [0, 0.1) is 13.8 Å². The summed E-state index contributed by atoms with van der Waals surface area (Å²) in [5.41, 5.74) is 3.94. The van der Waals surface area contributed by atoms with E-state index in [9.17, 15) is 9.59 Å². The Hall–Kier alpha value is -1.88. The summed E-state index contributed by atoms with van der Waals surface area (Å²) >= 11 is 0. The van der Waals surface area contributed by atoms with Crippen molar-refractivity contribution in [3.05, 3.63) is 29.3 Å². The van der Waals surface area contributed by atoms with Crippen LogP contribution < -0.4 is 4.90 Å². The average molecular weight is 327 g/mol. The van der Waals surface area contributed by atoms with Crippen LogP contribution in [0.3, 0.4) is 0 Å². The number of carbonyl (C=O) groups excluding carboxylic acids is 2. The molecule has 1 aromatic carbocycles. The molecule has 5 heteroatoms. The van der Waals surface area contributed by atoms with Crippen LogP contribution in [0.1, 0.15) is 30.4 Å². The highest BCUT2D eigenvalue weighted by atomic mass is 16.2. The maximum atomic E-state index is 12.6. The Balaban J connectivity index is 1.42. The zero-order valence-electron chi connectivity index (χ0n) is 14.5. The van der Waals surface area contributed by atoms with Gasteiger partial charge in [0.1, 0.15) is 0 Å². The average Bonchev–Trinajstić information content (AvgIpc) is 3.36. The zero-order chi connectivity index (χ0) is 16.8. The third kappa shape index (κ3) is 2.61. The van der Waals surface area contributed by atoms with Crippen LogP contribution in [0.5, 0.6) is 0 Å². The molecule has 3 aliphatic rings. The summed E-state index contributed by atoms with van der Waals surface area (Å²) in [6.45, 7) is 7.82. The van der Waals surface area contributed by atoms with Crippen LogP contribution in [0.4, 0.5) is 5.69 Å². The van der Waals surface area contributed by atoms with Crippen LogP contribution in [-0.2, 0) is 9.59 Å². The van der Waals surface area contributed by atoms with Gasteiger partial charge in [-0.25, -0.2) is 0 Å².